The first-order valence-electron chi connectivity index (χ1n) is 2.89. The monoisotopic (exact) mass is 438 g/mol. The summed E-state index contributed by atoms with van der Waals surface area (Å²) in [5, 5.41) is 0. The molecular weight excluding hydrogens is 434 g/mol. The van der Waals surface area contributed by atoms with Gasteiger partial charge in [-0.1, -0.05) is 0 Å². The summed E-state index contributed by atoms with van der Waals surface area (Å²) >= 11 is 0. The zero-order chi connectivity index (χ0) is 18.0. The predicted molar refractivity (Wildman–Crippen MR) is 57.6 cm³/mol. The topological polar surface area (TPSA) is 322 Å². The summed E-state index contributed by atoms with van der Waals surface area (Å²) in [5.41, 5.74) is 0. The van der Waals surface area contributed by atoms with Crippen LogP contribution in [0, 0.1) is 0 Å². The van der Waals surface area contributed by atoms with E-state index < -0.39 is 40.2 Å². The Labute approximate surface area is 146 Å². The molecule has 0 amide bonds. The summed E-state index contributed by atoms with van der Waals surface area (Å²) in [6.07, 6.45) is 0. The van der Waals surface area contributed by atoms with Gasteiger partial charge in [0.05, 0.1) is 0 Å². The van der Waals surface area contributed by atoms with Gasteiger partial charge in [-0.2, -0.15) is 0 Å². The minimum absolute atomic E-state index is 0. The van der Waals surface area contributed by atoms with Crippen LogP contribution in [-0.2, 0) is 31.2 Å². The molecule has 0 aliphatic heterocycles. The van der Waals surface area contributed by atoms with Gasteiger partial charge in [-0.15, -0.1) is 0 Å². The molecule has 0 aromatic heterocycles. The molecule has 22 heavy (non-hydrogen) atoms. The van der Waals surface area contributed by atoms with E-state index in [9.17, 15) is 0 Å². The number of hydrogen-bond donors (Lipinski definition) is 4. The summed E-state index contributed by atoms with van der Waals surface area (Å²) in [6, 6.07) is 0. The molecular formula is H4Al2O16S3Si. The van der Waals surface area contributed by atoms with Crippen molar-refractivity contribution in [3.05, 3.63) is 0 Å². The summed E-state index contributed by atoms with van der Waals surface area (Å²) < 4.78 is 102. The van der Waals surface area contributed by atoms with E-state index in [1.807, 2.05) is 0 Å². The molecule has 0 aromatic carbocycles. The second-order valence-corrected chi connectivity index (χ2v) is 5.47. The summed E-state index contributed by atoms with van der Waals surface area (Å²) in [6.45, 7) is 0. The van der Waals surface area contributed by atoms with Gasteiger partial charge in [-0.05, 0) is 0 Å². The van der Waals surface area contributed by atoms with Gasteiger partial charge in [0.1, 0.15) is 0 Å². The molecule has 0 heterocycles. The van der Waals surface area contributed by atoms with Crippen LogP contribution in [0.2, 0.25) is 0 Å². The Kier molecular flexibility index (Phi) is 26.6. The predicted octanol–water partition coefficient (Wildman–Crippen LogP) is -7.38. The van der Waals surface area contributed by atoms with Crippen molar-refractivity contribution in [3.8, 4) is 0 Å². The largest absolute Gasteiger partial charge is 3.00 e. The van der Waals surface area contributed by atoms with Crippen LogP contribution in [0.25, 0.3) is 0 Å². The third kappa shape index (κ3) is 15100. The minimum Gasteiger partial charge on any atom is -0.759 e. The van der Waals surface area contributed by atoms with Gasteiger partial charge in [0, 0.05) is 31.2 Å². The molecule has 0 aromatic rings. The van der Waals surface area contributed by atoms with Crippen molar-refractivity contribution in [3.63, 3.8) is 0 Å². The molecule has 0 unspecified atom stereocenters. The van der Waals surface area contributed by atoms with Gasteiger partial charge in [-0.25, -0.2) is 0 Å². The quantitative estimate of drug-likeness (QED) is 0.155. The van der Waals surface area contributed by atoms with E-state index in [0.717, 1.165) is 0 Å². The van der Waals surface area contributed by atoms with Crippen LogP contribution in [0.5, 0.6) is 0 Å². The van der Waals surface area contributed by atoms with Crippen LogP contribution < -0.4 is 0 Å². The molecule has 128 valence electrons. The van der Waals surface area contributed by atoms with Crippen LogP contribution in [-0.4, -0.2) is 116 Å². The van der Waals surface area contributed by atoms with Gasteiger partial charge in [0.2, 0.25) is 0 Å². The molecule has 0 saturated heterocycles. The first-order valence-corrected chi connectivity index (χ1v) is 8.68. The Morgan fingerprint density at radius 1 is 0.500 bits per heavy atom. The van der Waals surface area contributed by atoms with Crippen molar-refractivity contribution in [2.24, 2.45) is 0 Å². The van der Waals surface area contributed by atoms with Crippen molar-refractivity contribution in [1.29, 1.82) is 0 Å². The maximum atomic E-state index is 8.52. The maximum Gasteiger partial charge on any atom is 3.00 e. The van der Waals surface area contributed by atoms with Gasteiger partial charge < -0.3 is 46.5 Å². The molecule has 22 heteroatoms. The molecule has 0 aliphatic rings. The Hall–Kier alpha value is 0.732. The summed E-state index contributed by atoms with van der Waals surface area (Å²) in [4.78, 5) is 29.3. The molecule has 16 nitrogen and oxygen atoms in total. The fraction of sp³-hybridized carbons (Fsp3) is 0. The van der Waals surface area contributed by atoms with Crippen LogP contribution in [0.1, 0.15) is 0 Å². The zero-order valence-corrected chi connectivity index (χ0v) is 15.3. The summed E-state index contributed by atoms with van der Waals surface area (Å²) in [5.74, 6) is 0. The summed E-state index contributed by atoms with van der Waals surface area (Å²) in [7, 11) is -20.1. The van der Waals surface area contributed by atoms with E-state index in [4.69, 9.17) is 71.8 Å². The molecule has 0 spiro atoms. The van der Waals surface area contributed by atoms with Gasteiger partial charge in [0.25, 0.3) is 0 Å². The van der Waals surface area contributed by atoms with E-state index in [0.29, 0.717) is 0 Å². The van der Waals surface area contributed by atoms with Crippen LogP contribution in [0.15, 0.2) is 0 Å². The van der Waals surface area contributed by atoms with Gasteiger partial charge >= 0.3 is 43.8 Å². The number of hydrogen-bond acceptors (Lipinski definition) is 16. The van der Waals surface area contributed by atoms with Crippen LogP contribution in [0.4, 0.5) is 0 Å². The van der Waals surface area contributed by atoms with Crippen molar-refractivity contribution >= 4 is 75.0 Å². The Bertz CT molecular complexity index is 417. The van der Waals surface area contributed by atoms with Crippen molar-refractivity contribution < 1.29 is 71.8 Å². The van der Waals surface area contributed by atoms with Gasteiger partial charge in [-0.3, -0.25) is 25.3 Å². The van der Waals surface area contributed by atoms with Crippen molar-refractivity contribution in [2.45, 2.75) is 0 Å². The Balaban J connectivity index is -0.0000000376. The SMILES string of the molecule is O=S(=O)([O-])[O-].O=S(=O)([O-])[O-].O=S(=O)([O-])[O-].O[Si](O)(O)O.[Al+3].[Al+3]. The Morgan fingerprint density at radius 2 is 0.500 bits per heavy atom. The van der Waals surface area contributed by atoms with Crippen molar-refractivity contribution in [1.82, 2.24) is 0 Å². The maximum absolute atomic E-state index is 8.52. The third-order valence-electron chi connectivity index (χ3n) is 0. The van der Waals surface area contributed by atoms with E-state index in [-0.39, 0.29) is 34.7 Å². The van der Waals surface area contributed by atoms with Crippen LogP contribution >= 0.6 is 0 Å². The van der Waals surface area contributed by atoms with Gasteiger partial charge in [0.15, 0.2) is 0 Å². The molecule has 0 fully saturated rings. The first-order chi connectivity index (χ1) is 8.00. The second-order valence-electron chi connectivity index (χ2n) is 1.82. The third-order valence-corrected chi connectivity index (χ3v) is 0. The van der Waals surface area contributed by atoms with E-state index in [2.05, 4.69) is 0 Å². The molecule has 0 radical (unpaired) electrons. The fourth-order valence-electron chi connectivity index (χ4n) is 0. The Morgan fingerprint density at radius 3 is 0.500 bits per heavy atom. The molecule has 4 N–H and O–H groups in total. The standard InChI is InChI=1S/2Al.3H2O4S.H4O4Si/c;;4*1-5(2,3)4/h;;3*(H2,1,2,3,4);1-4H/q2*+3;;;;/p-6. The van der Waals surface area contributed by atoms with E-state index in [1.165, 1.54) is 0 Å². The van der Waals surface area contributed by atoms with Crippen molar-refractivity contribution in [2.75, 3.05) is 0 Å². The minimum atomic E-state index is -5.17. The molecule has 0 aliphatic carbocycles. The molecule has 0 rings (SSSR count). The average Bonchev–Trinajstić information content (AvgIpc) is 1.62. The smallest absolute Gasteiger partial charge is 0.759 e. The average molecular weight is 438 g/mol. The first kappa shape index (κ1) is 38.3. The second kappa shape index (κ2) is 15.3. The molecule has 0 saturated carbocycles. The normalized spacial score (nSPS) is 10.6. The van der Waals surface area contributed by atoms with E-state index in [1.54, 1.807) is 0 Å². The zero-order valence-electron chi connectivity index (χ0n) is 9.57. The van der Waals surface area contributed by atoms with Crippen LogP contribution in [0.3, 0.4) is 0 Å². The van der Waals surface area contributed by atoms with E-state index >= 15 is 0 Å². The molecule has 0 atom stereocenters. The molecule has 0 bridgehead atoms. The fourth-order valence-corrected chi connectivity index (χ4v) is 0. The number of rotatable bonds is 0.